The van der Waals surface area contributed by atoms with Gasteiger partial charge in [-0.1, -0.05) is 6.07 Å². The van der Waals surface area contributed by atoms with Crippen molar-refractivity contribution in [1.82, 2.24) is 4.57 Å². The molecule has 1 aromatic heterocycles. The number of anilines is 1. The molecule has 0 aliphatic carbocycles. The lowest BCUT2D eigenvalue weighted by atomic mass is 10.1. The van der Waals surface area contributed by atoms with Gasteiger partial charge in [0.1, 0.15) is 5.69 Å². The number of halogens is 1. The molecular formula is C12H10BrN3O3. The first-order chi connectivity index (χ1) is 8.99. The number of nitrogens with zero attached hydrogens (tertiary/aromatic N) is 2. The Bertz CT molecular complexity index is 697. The third-order valence-corrected chi connectivity index (χ3v) is 3.22. The topological polar surface area (TPSA) is 91.2 Å². The van der Waals surface area contributed by atoms with E-state index in [2.05, 4.69) is 15.9 Å². The molecule has 0 aliphatic rings. The monoisotopic (exact) mass is 323 g/mol. The minimum absolute atomic E-state index is 0.107. The number of hydrogen-bond acceptors (Lipinski definition) is 4. The number of nitrogens with two attached hydrogens (primary N) is 1. The van der Waals surface area contributed by atoms with Crippen molar-refractivity contribution < 1.29 is 4.92 Å². The van der Waals surface area contributed by atoms with E-state index in [1.807, 2.05) is 0 Å². The van der Waals surface area contributed by atoms with Gasteiger partial charge in [0, 0.05) is 12.3 Å². The Hall–Kier alpha value is -2.15. The van der Waals surface area contributed by atoms with Crippen LogP contribution in [0.15, 0.2) is 45.8 Å². The lowest BCUT2D eigenvalue weighted by molar-refractivity contribution is -0.384. The first-order valence-electron chi connectivity index (χ1n) is 5.37. The van der Waals surface area contributed by atoms with E-state index in [-0.39, 0.29) is 23.5 Å². The predicted octanol–water partition coefficient (Wildman–Crippen LogP) is 2.15. The third kappa shape index (κ3) is 2.82. The molecule has 0 spiro atoms. The molecule has 0 fully saturated rings. The van der Waals surface area contributed by atoms with Gasteiger partial charge in [-0.3, -0.25) is 14.9 Å². The molecule has 2 rings (SSSR count). The van der Waals surface area contributed by atoms with Gasteiger partial charge >= 0.3 is 0 Å². The van der Waals surface area contributed by atoms with Gasteiger partial charge in [0.05, 0.1) is 15.9 Å². The Labute approximate surface area is 116 Å². The average Bonchev–Trinajstić information content (AvgIpc) is 2.37. The first-order valence-corrected chi connectivity index (χ1v) is 6.16. The number of pyridine rings is 1. The molecule has 0 atom stereocenters. The van der Waals surface area contributed by atoms with E-state index in [0.717, 1.165) is 0 Å². The summed E-state index contributed by atoms with van der Waals surface area (Å²) < 4.78 is 1.90. The SMILES string of the molecule is Nc1ccc(Cn2cccc(Br)c2=O)cc1[N+](=O)[O-]. The highest BCUT2D eigenvalue weighted by Gasteiger charge is 2.12. The first kappa shape index (κ1) is 13.3. The van der Waals surface area contributed by atoms with Gasteiger partial charge in [-0.2, -0.15) is 0 Å². The fraction of sp³-hybridized carbons (Fsp3) is 0.0833. The average molecular weight is 324 g/mol. The number of nitrogen functional groups attached to an aromatic ring is 1. The molecule has 0 saturated heterocycles. The lowest BCUT2D eigenvalue weighted by Crippen LogP contribution is -2.20. The number of benzene rings is 1. The van der Waals surface area contributed by atoms with Gasteiger partial charge in [-0.05, 0) is 39.7 Å². The summed E-state index contributed by atoms with van der Waals surface area (Å²) in [4.78, 5) is 22.1. The largest absolute Gasteiger partial charge is 0.393 e. The molecule has 0 amide bonds. The molecule has 2 N–H and O–H groups in total. The van der Waals surface area contributed by atoms with Crippen LogP contribution in [0.3, 0.4) is 0 Å². The Morgan fingerprint density at radius 2 is 2.11 bits per heavy atom. The van der Waals surface area contributed by atoms with E-state index >= 15 is 0 Å². The molecule has 0 aliphatic heterocycles. The van der Waals surface area contributed by atoms with E-state index in [9.17, 15) is 14.9 Å². The van der Waals surface area contributed by atoms with Crippen molar-refractivity contribution in [2.45, 2.75) is 6.54 Å². The molecule has 98 valence electrons. The van der Waals surface area contributed by atoms with E-state index in [1.54, 1.807) is 24.4 Å². The van der Waals surface area contributed by atoms with Crippen LogP contribution in [-0.4, -0.2) is 9.49 Å². The zero-order valence-corrected chi connectivity index (χ0v) is 11.3. The number of nitro groups is 1. The minimum atomic E-state index is -0.539. The van der Waals surface area contributed by atoms with Crippen LogP contribution in [0, 0.1) is 10.1 Å². The molecule has 1 aromatic carbocycles. The summed E-state index contributed by atoms with van der Waals surface area (Å²) in [6, 6.07) is 7.87. The highest BCUT2D eigenvalue weighted by molar-refractivity contribution is 9.10. The summed E-state index contributed by atoms with van der Waals surface area (Å²) in [5.74, 6) is 0. The Morgan fingerprint density at radius 1 is 1.37 bits per heavy atom. The molecule has 2 aromatic rings. The maximum atomic E-state index is 11.8. The van der Waals surface area contributed by atoms with Crippen molar-refractivity contribution in [3.8, 4) is 0 Å². The Morgan fingerprint density at radius 3 is 2.79 bits per heavy atom. The van der Waals surface area contributed by atoms with Crippen molar-refractivity contribution in [2.24, 2.45) is 0 Å². The number of hydrogen-bond donors (Lipinski definition) is 1. The van der Waals surface area contributed by atoms with Gasteiger partial charge < -0.3 is 10.3 Å². The van der Waals surface area contributed by atoms with Crippen LogP contribution in [0.5, 0.6) is 0 Å². The Balaban J connectivity index is 2.39. The second-order valence-electron chi connectivity index (χ2n) is 3.94. The molecule has 1 heterocycles. The standard InChI is InChI=1S/C12H10BrN3O3/c13-9-2-1-5-15(12(9)17)7-8-3-4-10(14)11(6-8)16(18)19/h1-6H,7,14H2. The normalized spacial score (nSPS) is 10.4. The quantitative estimate of drug-likeness (QED) is 0.532. The number of nitro benzene ring substituents is 1. The summed E-state index contributed by atoms with van der Waals surface area (Å²) in [5.41, 5.74) is 5.92. The smallest absolute Gasteiger partial charge is 0.292 e. The molecule has 19 heavy (non-hydrogen) atoms. The highest BCUT2D eigenvalue weighted by Crippen LogP contribution is 2.22. The summed E-state index contributed by atoms with van der Waals surface area (Å²) in [6.07, 6.45) is 1.62. The fourth-order valence-corrected chi connectivity index (χ4v) is 2.05. The maximum Gasteiger partial charge on any atom is 0.292 e. The van der Waals surface area contributed by atoms with Gasteiger partial charge in [0.15, 0.2) is 0 Å². The highest BCUT2D eigenvalue weighted by atomic mass is 79.9. The summed E-state index contributed by atoms with van der Waals surface area (Å²) in [6.45, 7) is 0.249. The van der Waals surface area contributed by atoms with Gasteiger partial charge in [0.2, 0.25) is 0 Å². The molecule has 6 nitrogen and oxygen atoms in total. The fourth-order valence-electron chi connectivity index (χ4n) is 1.67. The van der Waals surface area contributed by atoms with Gasteiger partial charge in [-0.25, -0.2) is 0 Å². The van der Waals surface area contributed by atoms with Crippen molar-refractivity contribution >= 4 is 27.3 Å². The van der Waals surface area contributed by atoms with Crippen LogP contribution in [0.4, 0.5) is 11.4 Å². The molecular weight excluding hydrogens is 314 g/mol. The molecule has 0 bridgehead atoms. The zero-order valence-electron chi connectivity index (χ0n) is 9.75. The Kier molecular flexibility index (Phi) is 3.66. The van der Waals surface area contributed by atoms with Crippen molar-refractivity contribution in [2.75, 3.05) is 5.73 Å². The lowest BCUT2D eigenvalue weighted by Gasteiger charge is -2.06. The van der Waals surface area contributed by atoms with Crippen LogP contribution < -0.4 is 11.3 Å². The predicted molar refractivity (Wildman–Crippen MR) is 75.0 cm³/mol. The van der Waals surface area contributed by atoms with Crippen LogP contribution in [0.2, 0.25) is 0 Å². The van der Waals surface area contributed by atoms with Crippen molar-refractivity contribution in [3.05, 3.63) is 67.0 Å². The number of aromatic nitrogens is 1. The molecule has 7 heteroatoms. The van der Waals surface area contributed by atoms with Crippen LogP contribution in [-0.2, 0) is 6.54 Å². The second-order valence-corrected chi connectivity index (χ2v) is 4.79. The van der Waals surface area contributed by atoms with E-state index in [4.69, 9.17) is 5.73 Å². The van der Waals surface area contributed by atoms with Crippen LogP contribution >= 0.6 is 15.9 Å². The van der Waals surface area contributed by atoms with Crippen LogP contribution in [0.1, 0.15) is 5.56 Å². The van der Waals surface area contributed by atoms with Crippen molar-refractivity contribution in [3.63, 3.8) is 0 Å². The maximum absolute atomic E-state index is 11.8. The minimum Gasteiger partial charge on any atom is -0.393 e. The second kappa shape index (κ2) is 5.23. The van der Waals surface area contributed by atoms with Gasteiger partial charge in [0.25, 0.3) is 11.2 Å². The zero-order chi connectivity index (χ0) is 14.0. The summed E-state index contributed by atoms with van der Waals surface area (Å²) >= 11 is 3.15. The molecule has 0 saturated carbocycles. The van der Waals surface area contributed by atoms with E-state index in [1.165, 1.54) is 16.7 Å². The third-order valence-electron chi connectivity index (χ3n) is 2.62. The van der Waals surface area contributed by atoms with Crippen LogP contribution in [0.25, 0.3) is 0 Å². The summed E-state index contributed by atoms with van der Waals surface area (Å²) in [7, 11) is 0. The summed E-state index contributed by atoms with van der Waals surface area (Å²) in [5, 5.41) is 10.8. The number of rotatable bonds is 3. The van der Waals surface area contributed by atoms with Crippen molar-refractivity contribution in [1.29, 1.82) is 0 Å². The van der Waals surface area contributed by atoms with E-state index in [0.29, 0.717) is 10.0 Å². The molecule has 0 unspecified atom stereocenters. The molecule has 0 radical (unpaired) electrons. The van der Waals surface area contributed by atoms with Gasteiger partial charge in [-0.15, -0.1) is 0 Å². The van der Waals surface area contributed by atoms with E-state index < -0.39 is 4.92 Å².